The SMILES string of the molecule is C[C@@H]1CC2=C(Cc3ccccc32)[C@@H](c2c(F)cc(/C=C/C(=O)O)cc2F)N1CC12CC(C(F)(F)F)(C1)C2. The van der Waals surface area contributed by atoms with Crippen molar-refractivity contribution in [1.29, 1.82) is 0 Å². The first-order chi connectivity index (χ1) is 17.4. The Morgan fingerprint density at radius 1 is 1.14 bits per heavy atom. The predicted octanol–water partition coefficient (Wildman–Crippen LogP) is 6.94. The fourth-order valence-electron chi connectivity index (χ4n) is 7.39. The van der Waals surface area contributed by atoms with Crippen molar-refractivity contribution in [2.45, 2.75) is 57.3 Å². The molecule has 0 radical (unpaired) electrons. The van der Waals surface area contributed by atoms with E-state index < -0.39 is 40.7 Å². The summed E-state index contributed by atoms with van der Waals surface area (Å²) < 4.78 is 71.8. The van der Waals surface area contributed by atoms with Gasteiger partial charge in [-0.2, -0.15) is 13.2 Å². The van der Waals surface area contributed by atoms with Gasteiger partial charge in [-0.25, -0.2) is 13.6 Å². The quantitative estimate of drug-likeness (QED) is 0.346. The van der Waals surface area contributed by atoms with E-state index >= 15 is 8.78 Å². The molecular weight excluding hydrogens is 489 g/mol. The van der Waals surface area contributed by atoms with Gasteiger partial charge in [0.1, 0.15) is 11.6 Å². The van der Waals surface area contributed by atoms with Crippen LogP contribution in [0, 0.1) is 22.5 Å². The molecule has 3 fully saturated rings. The lowest BCUT2D eigenvalue weighted by Crippen LogP contribution is -2.71. The molecule has 0 spiro atoms. The number of alkyl halides is 3. The van der Waals surface area contributed by atoms with E-state index in [1.165, 1.54) is 0 Å². The summed E-state index contributed by atoms with van der Waals surface area (Å²) in [6.45, 7) is 2.33. The molecule has 4 aliphatic carbocycles. The van der Waals surface area contributed by atoms with Gasteiger partial charge in [0.05, 0.1) is 11.5 Å². The Hall–Kier alpha value is -3.00. The van der Waals surface area contributed by atoms with E-state index in [1.807, 2.05) is 36.1 Å². The zero-order valence-electron chi connectivity index (χ0n) is 20.2. The first-order valence-electron chi connectivity index (χ1n) is 12.4. The number of carboxylic acids is 1. The largest absolute Gasteiger partial charge is 0.478 e. The van der Waals surface area contributed by atoms with Gasteiger partial charge in [0.25, 0.3) is 0 Å². The summed E-state index contributed by atoms with van der Waals surface area (Å²) in [7, 11) is 0. The average Bonchev–Trinajstić information content (AvgIpc) is 3.11. The molecule has 37 heavy (non-hydrogen) atoms. The fraction of sp³-hybridized carbons (Fsp3) is 0.414. The highest BCUT2D eigenvalue weighted by molar-refractivity contribution is 5.85. The number of carboxylic acid groups (broad SMARTS) is 1. The van der Waals surface area contributed by atoms with Crippen LogP contribution in [0.4, 0.5) is 22.0 Å². The Balaban J connectivity index is 1.41. The highest BCUT2D eigenvalue weighted by Crippen LogP contribution is 2.79. The molecule has 2 atom stereocenters. The van der Waals surface area contributed by atoms with Crippen molar-refractivity contribution < 1.29 is 31.9 Å². The van der Waals surface area contributed by atoms with E-state index in [1.54, 1.807) is 0 Å². The number of halogens is 5. The third-order valence-corrected chi connectivity index (χ3v) is 8.89. The van der Waals surface area contributed by atoms with Crippen molar-refractivity contribution in [2.75, 3.05) is 6.54 Å². The molecule has 1 N–H and O–H groups in total. The third-order valence-electron chi connectivity index (χ3n) is 8.89. The maximum absolute atomic E-state index is 15.6. The van der Waals surface area contributed by atoms with Crippen LogP contribution in [-0.4, -0.2) is 34.7 Å². The summed E-state index contributed by atoms with van der Waals surface area (Å²) in [5, 5.41) is 8.88. The van der Waals surface area contributed by atoms with Crippen LogP contribution in [0.15, 0.2) is 48.0 Å². The van der Waals surface area contributed by atoms with Gasteiger partial charge in [0.2, 0.25) is 0 Å². The zero-order chi connectivity index (χ0) is 26.3. The Bertz CT molecular complexity index is 1330. The number of fused-ring (bicyclic) bond motifs is 2. The van der Waals surface area contributed by atoms with E-state index in [9.17, 15) is 18.0 Å². The van der Waals surface area contributed by atoms with Crippen LogP contribution in [0.3, 0.4) is 0 Å². The molecule has 0 aromatic heterocycles. The average molecular weight is 516 g/mol. The summed E-state index contributed by atoms with van der Waals surface area (Å²) in [5.74, 6) is -2.81. The van der Waals surface area contributed by atoms with Crippen molar-refractivity contribution in [1.82, 2.24) is 4.90 Å². The molecule has 3 nitrogen and oxygen atoms in total. The zero-order valence-corrected chi connectivity index (χ0v) is 20.2. The molecule has 0 saturated heterocycles. The number of hydrogen-bond donors (Lipinski definition) is 1. The maximum atomic E-state index is 15.6. The minimum atomic E-state index is -4.22. The van der Waals surface area contributed by atoms with Crippen LogP contribution in [0.25, 0.3) is 11.6 Å². The standard InChI is InChI=1S/C29H26F5NO2/c1-16-8-20-19-5-3-2-4-18(19)11-21(20)26(25-22(30)9-17(10-23(25)31)6-7-24(36)37)35(16)15-27-12-28(13-27,14-27)29(32,33)34/h2-7,9-10,16,26H,8,11-15H2,1H3,(H,36,37)/b7-6+/t16-,26+,27?,28?/m1/s1. The monoisotopic (exact) mass is 515 g/mol. The normalized spacial score (nSPS) is 30.6. The Kier molecular flexibility index (Phi) is 5.26. The Morgan fingerprint density at radius 3 is 2.41 bits per heavy atom. The van der Waals surface area contributed by atoms with Gasteiger partial charge in [-0.15, -0.1) is 0 Å². The van der Waals surface area contributed by atoms with Crippen LogP contribution >= 0.6 is 0 Å². The number of aliphatic carboxylic acids is 1. The van der Waals surface area contributed by atoms with Crippen LogP contribution < -0.4 is 0 Å². The predicted molar refractivity (Wildman–Crippen MR) is 128 cm³/mol. The van der Waals surface area contributed by atoms with Gasteiger partial charge in [-0.3, -0.25) is 4.90 Å². The lowest BCUT2D eigenvalue weighted by atomic mass is 9.34. The molecule has 8 heteroatoms. The van der Waals surface area contributed by atoms with Crippen LogP contribution in [0.5, 0.6) is 0 Å². The first-order valence-corrected chi connectivity index (χ1v) is 12.4. The van der Waals surface area contributed by atoms with Crippen molar-refractivity contribution in [3.05, 3.63) is 81.9 Å². The lowest BCUT2D eigenvalue weighted by molar-refractivity contribution is -0.366. The molecule has 1 aliphatic heterocycles. The molecule has 2 aromatic rings. The fourth-order valence-corrected chi connectivity index (χ4v) is 7.39. The highest BCUT2D eigenvalue weighted by atomic mass is 19.4. The van der Waals surface area contributed by atoms with Crippen molar-refractivity contribution in [3.8, 4) is 0 Å². The van der Waals surface area contributed by atoms with Crippen molar-refractivity contribution in [3.63, 3.8) is 0 Å². The van der Waals surface area contributed by atoms with E-state index in [0.717, 1.165) is 46.6 Å². The van der Waals surface area contributed by atoms with Gasteiger partial charge in [-0.1, -0.05) is 24.3 Å². The van der Waals surface area contributed by atoms with E-state index in [4.69, 9.17) is 5.11 Å². The number of rotatable bonds is 5. The van der Waals surface area contributed by atoms with Crippen molar-refractivity contribution in [2.24, 2.45) is 10.8 Å². The molecule has 5 aliphatic rings. The molecule has 2 aromatic carbocycles. The second-order valence-electron chi connectivity index (χ2n) is 11.3. The number of carbonyl (C=O) groups is 1. The smallest absolute Gasteiger partial charge is 0.394 e. The molecule has 1 heterocycles. The summed E-state index contributed by atoms with van der Waals surface area (Å²) in [6.07, 6.45) is -0.892. The third kappa shape index (κ3) is 3.67. The summed E-state index contributed by atoms with van der Waals surface area (Å²) >= 11 is 0. The summed E-state index contributed by atoms with van der Waals surface area (Å²) in [5.41, 5.74) is 1.98. The highest BCUT2D eigenvalue weighted by Gasteiger charge is 2.78. The van der Waals surface area contributed by atoms with Gasteiger partial charge >= 0.3 is 12.1 Å². The number of nitrogens with zero attached hydrogens (tertiary/aromatic N) is 1. The van der Waals surface area contributed by atoms with Gasteiger partial charge < -0.3 is 5.11 Å². The summed E-state index contributed by atoms with van der Waals surface area (Å²) in [6, 6.07) is 9.24. The lowest BCUT2D eigenvalue weighted by Gasteiger charge is -2.72. The second-order valence-corrected chi connectivity index (χ2v) is 11.3. The minimum absolute atomic E-state index is 0.0649. The molecule has 7 rings (SSSR count). The van der Waals surface area contributed by atoms with Crippen LogP contribution in [0.1, 0.15) is 60.9 Å². The Morgan fingerprint density at radius 2 is 1.78 bits per heavy atom. The van der Waals surface area contributed by atoms with E-state index in [0.29, 0.717) is 19.4 Å². The molecule has 3 saturated carbocycles. The number of hydrogen-bond acceptors (Lipinski definition) is 2. The first kappa shape index (κ1) is 24.3. The number of benzene rings is 2. The molecule has 0 unspecified atom stereocenters. The van der Waals surface area contributed by atoms with Gasteiger partial charge in [0, 0.05) is 24.2 Å². The minimum Gasteiger partial charge on any atom is -0.478 e. The van der Waals surface area contributed by atoms with Crippen LogP contribution in [0.2, 0.25) is 0 Å². The maximum Gasteiger partial charge on any atom is 0.394 e. The van der Waals surface area contributed by atoms with Gasteiger partial charge in [0.15, 0.2) is 0 Å². The van der Waals surface area contributed by atoms with Gasteiger partial charge in [-0.05, 0) is 90.5 Å². The van der Waals surface area contributed by atoms with Crippen molar-refractivity contribution >= 4 is 17.6 Å². The van der Waals surface area contributed by atoms with E-state index in [2.05, 4.69) is 0 Å². The molecule has 194 valence electrons. The molecule has 2 bridgehead atoms. The van der Waals surface area contributed by atoms with Crippen LogP contribution in [-0.2, 0) is 11.2 Å². The topological polar surface area (TPSA) is 40.5 Å². The molecule has 0 amide bonds. The Labute approximate surface area is 211 Å². The second kappa shape index (κ2) is 8.00. The summed E-state index contributed by atoms with van der Waals surface area (Å²) in [4.78, 5) is 12.9. The van der Waals surface area contributed by atoms with E-state index in [-0.39, 0.29) is 36.4 Å². The molecular formula is C29H26F5NO2.